The van der Waals surface area contributed by atoms with Crippen molar-refractivity contribution in [1.29, 1.82) is 0 Å². The Balaban J connectivity index is 1.46. The fourth-order valence-electron chi connectivity index (χ4n) is 2.24. The molecule has 3 rings (SSSR count). The Labute approximate surface area is 136 Å². The molecule has 116 valence electrons. The molecule has 0 aliphatic carbocycles. The zero-order valence-corrected chi connectivity index (χ0v) is 13.5. The molecule has 1 saturated heterocycles. The van der Waals surface area contributed by atoms with Crippen molar-refractivity contribution in [3.05, 3.63) is 30.3 Å². The molecule has 0 bridgehead atoms. The number of nitrogen functional groups attached to an aromatic ring is 1. The van der Waals surface area contributed by atoms with Crippen LogP contribution in [0, 0.1) is 0 Å². The summed E-state index contributed by atoms with van der Waals surface area (Å²) >= 11 is 2.67. The van der Waals surface area contributed by atoms with E-state index in [1.54, 1.807) is 0 Å². The van der Waals surface area contributed by atoms with Crippen molar-refractivity contribution in [2.75, 3.05) is 24.6 Å². The number of likely N-dealkylation sites (tertiary alicyclic amines) is 1. The molecule has 1 atom stereocenters. The minimum atomic E-state index is 0.0634. The third kappa shape index (κ3) is 3.89. The second-order valence-electron chi connectivity index (χ2n) is 4.88. The predicted molar refractivity (Wildman–Crippen MR) is 87.1 cm³/mol. The summed E-state index contributed by atoms with van der Waals surface area (Å²) in [5.41, 5.74) is 5.52. The van der Waals surface area contributed by atoms with Crippen molar-refractivity contribution < 1.29 is 9.53 Å². The molecule has 1 amide bonds. The van der Waals surface area contributed by atoms with Crippen molar-refractivity contribution in [1.82, 2.24) is 15.1 Å². The van der Waals surface area contributed by atoms with Crippen LogP contribution in [0.4, 0.5) is 5.13 Å². The van der Waals surface area contributed by atoms with Gasteiger partial charge in [0.2, 0.25) is 11.0 Å². The maximum atomic E-state index is 12.2. The highest BCUT2D eigenvalue weighted by atomic mass is 32.2. The van der Waals surface area contributed by atoms with Crippen LogP contribution in [0.3, 0.4) is 0 Å². The SMILES string of the molecule is Nc1nnc(SCC(=O)N2CC[C@H](Oc3ccccc3)C2)s1. The number of thioether (sulfide) groups is 1. The van der Waals surface area contributed by atoms with Gasteiger partial charge in [0.05, 0.1) is 12.3 Å². The van der Waals surface area contributed by atoms with E-state index in [4.69, 9.17) is 10.5 Å². The lowest BCUT2D eigenvalue weighted by Gasteiger charge is -2.16. The van der Waals surface area contributed by atoms with Gasteiger partial charge < -0.3 is 15.4 Å². The number of carbonyl (C=O) groups is 1. The number of para-hydroxylation sites is 1. The number of hydrogen-bond donors (Lipinski definition) is 1. The van der Waals surface area contributed by atoms with Gasteiger partial charge in [0, 0.05) is 13.0 Å². The summed E-state index contributed by atoms with van der Waals surface area (Å²) in [6.45, 7) is 1.36. The lowest BCUT2D eigenvalue weighted by molar-refractivity contribution is -0.127. The number of ether oxygens (including phenoxy) is 1. The van der Waals surface area contributed by atoms with Gasteiger partial charge in [-0.1, -0.05) is 41.3 Å². The zero-order chi connectivity index (χ0) is 15.4. The van der Waals surface area contributed by atoms with Gasteiger partial charge in [-0.3, -0.25) is 4.79 Å². The van der Waals surface area contributed by atoms with Gasteiger partial charge in [-0.2, -0.15) is 0 Å². The molecule has 6 nitrogen and oxygen atoms in total. The van der Waals surface area contributed by atoms with E-state index in [2.05, 4.69) is 10.2 Å². The van der Waals surface area contributed by atoms with Crippen LogP contribution >= 0.6 is 23.1 Å². The van der Waals surface area contributed by atoms with Crippen molar-refractivity contribution >= 4 is 34.1 Å². The van der Waals surface area contributed by atoms with Gasteiger partial charge in [0.15, 0.2) is 4.34 Å². The molecule has 0 spiro atoms. The lowest BCUT2D eigenvalue weighted by Crippen LogP contribution is -2.32. The average molecular weight is 336 g/mol. The molecule has 2 N–H and O–H groups in total. The average Bonchev–Trinajstić information content (AvgIpc) is 3.15. The monoisotopic (exact) mass is 336 g/mol. The van der Waals surface area contributed by atoms with Gasteiger partial charge in [-0.15, -0.1) is 10.2 Å². The van der Waals surface area contributed by atoms with E-state index < -0.39 is 0 Å². The van der Waals surface area contributed by atoms with Crippen LogP contribution in [-0.2, 0) is 4.79 Å². The number of nitrogens with zero attached hydrogens (tertiary/aromatic N) is 3. The summed E-state index contributed by atoms with van der Waals surface area (Å²) in [5, 5.41) is 8.05. The minimum Gasteiger partial charge on any atom is -0.489 e. The molecule has 1 aliphatic rings. The first-order valence-electron chi connectivity index (χ1n) is 6.92. The molecule has 0 radical (unpaired) electrons. The first-order valence-corrected chi connectivity index (χ1v) is 8.72. The maximum absolute atomic E-state index is 12.2. The van der Waals surface area contributed by atoms with Gasteiger partial charge in [0.1, 0.15) is 11.9 Å². The normalized spacial score (nSPS) is 17.6. The molecule has 1 aromatic carbocycles. The molecule has 8 heteroatoms. The summed E-state index contributed by atoms with van der Waals surface area (Å²) in [4.78, 5) is 14.0. The summed E-state index contributed by atoms with van der Waals surface area (Å²) in [7, 11) is 0. The van der Waals surface area contributed by atoms with Crippen molar-refractivity contribution in [2.24, 2.45) is 0 Å². The fraction of sp³-hybridized carbons (Fsp3) is 0.357. The lowest BCUT2D eigenvalue weighted by atomic mass is 10.3. The molecule has 0 saturated carbocycles. The van der Waals surface area contributed by atoms with E-state index in [0.29, 0.717) is 17.4 Å². The Hall–Kier alpha value is -1.80. The minimum absolute atomic E-state index is 0.0634. The largest absolute Gasteiger partial charge is 0.489 e. The van der Waals surface area contributed by atoms with E-state index in [-0.39, 0.29) is 12.0 Å². The standard InChI is InChI=1S/C14H16N4O2S2/c15-13-16-17-14(22-13)21-9-12(19)18-7-6-11(8-18)20-10-4-2-1-3-5-10/h1-5,11H,6-9H2,(H2,15,16)/t11-/m0/s1. The van der Waals surface area contributed by atoms with E-state index in [1.165, 1.54) is 23.1 Å². The fourth-order valence-corrected chi connectivity index (χ4v) is 3.77. The number of anilines is 1. The van der Waals surface area contributed by atoms with Crippen molar-refractivity contribution in [3.8, 4) is 5.75 Å². The van der Waals surface area contributed by atoms with Crippen molar-refractivity contribution in [3.63, 3.8) is 0 Å². The highest BCUT2D eigenvalue weighted by Gasteiger charge is 2.27. The molecule has 22 heavy (non-hydrogen) atoms. The maximum Gasteiger partial charge on any atom is 0.233 e. The Morgan fingerprint density at radius 3 is 2.95 bits per heavy atom. The van der Waals surface area contributed by atoms with Crippen LogP contribution in [0.5, 0.6) is 5.75 Å². The van der Waals surface area contributed by atoms with Crippen LogP contribution in [0.15, 0.2) is 34.7 Å². The first kappa shape index (κ1) is 15.1. The van der Waals surface area contributed by atoms with E-state index in [1.807, 2.05) is 35.2 Å². The van der Waals surface area contributed by atoms with Gasteiger partial charge in [-0.05, 0) is 12.1 Å². The quantitative estimate of drug-likeness (QED) is 0.840. The summed E-state index contributed by atoms with van der Waals surface area (Å²) < 4.78 is 6.61. The number of hydrogen-bond acceptors (Lipinski definition) is 7. The van der Waals surface area contributed by atoms with Gasteiger partial charge in [-0.25, -0.2) is 0 Å². The molecule has 1 aliphatic heterocycles. The predicted octanol–water partition coefficient (Wildman–Crippen LogP) is 1.89. The number of amides is 1. The van der Waals surface area contributed by atoms with Crippen LogP contribution in [0.2, 0.25) is 0 Å². The van der Waals surface area contributed by atoms with Gasteiger partial charge >= 0.3 is 0 Å². The zero-order valence-electron chi connectivity index (χ0n) is 11.8. The summed E-state index contributed by atoms with van der Waals surface area (Å²) in [6.07, 6.45) is 0.922. The molecule has 1 aromatic heterocycles. The third-order valence-corrected chi connectivity index (χ3v) is 5.16. The van der Waals surface area contributed by atoms with Crippen molar-refractivity contribution in [2.45, 2.75) is 16.9 Å². The molecule has 2 aromatic rings. The molecular weight excluding hydrogens is 320 g/mol. The van der Waals surface area contributed by atoms with E-state index >= 15 is 0 Å². The molecular formula is C14H16N4O2S2. The Bertz CT molecular complexity index is 635. The smallest absolute Gasteiger partial charge is 0.233 e. The first-order chi connectivity index (χ1) is 10.7. The third-order valence-electron chi connectivity index (χ3n) is 3.28. The Morgan fingerprint density at radius 1 is 1.41 bits per heavy atom. The molecule has 2 heterocycles. The van der Waals surface area contributed by atoms with E-state index in [0.717, 1.165) is 23.1 Å². The van der Waals surface area contributed by atoms with Crippen LogP contribution < -0.4 is 10.5 Å². The number of rotatable bonds is 5. The number of benzene rings is 1. The molecule has 0 unspecified atom stereocenters. The number of carbonyl (C=O) groups excluding carboxylic acids is 1. The highest BCUT2D eigenvalue weighted by Crippen LogP contribution is 2.25. The number of aromatic nitrogens is 2. The summed E-state index contributed by atoms with van der Waals surface area (Å²) in [6, 6.07) is 9.70. The topological polar surface area (TPSA) is 81.3 Å². The van der Waals surface area contributed by atoms with Gasteiger partial charge in [0.25, 0.3) is 0 Å². The number of nitrogens with two attached hydrogens (primary N) is 1. The van der Waals surface area contributed by atoms with Crippen LogP contribution in [0.1, 0.15) is 6.42 Å². The van der Waals surface area contributed by atoms with Crippen LogP contribution in [0.25, 0.3) is 0 Å². The second kappa shape index (κ2) is 6.97. The Kier molecular flexibility index (Phi) is 4.79. The highest BCUT2D eigenvalue weighted by molar-refractivity contribution is 8.01. The Morgan fingerprint density at radius 2 is 2.23 bits per heavy atom. The van der Waals surface area contributed by atoms with Crippen LogP contribution in [-0.4, -0.2) is 46.0 Å². The van der Waals surface area contributed by atoms with E-state index in [9.17, 15) is 4.79 Å². The second-order valence-corrected chi connectivity index (χ2v) is 7.11. The molecule has 1 fully saturated rings. The summed E-state index contributed by atoms with van der Waals surface area (Å²) in [5.74, 6) is 1.30.